The van der Waals surface area contributed by atoms with Crippen LogP contribution in [0.2, 0.25) is 0 Å². The quantitative estimate of drug-likeness (QED) is 0.239. The summed E-state index contributed by atoms with van der Waals surface area (Å²) in [6.07, 6.45) is -3.64. The lowest BCUT2D eigenvalue weighted by Crippen LogP contribution is -2.41. The van der Waals surface area contributed by atoms with Gasteiger partial charge in [-0.25, -0.2) is 4.68 Å². The normalized spacial score (nSPS) is 18.6. The summed E-state index contributed by atoms with van der Waals surface area (Å²) in [6, 6.07) is 13.3. The molecule has 2 fully saturated rings. The Kier molecular flexibility index (Phi) is 8.13. The summed E-state index contributed by atoms with van der Waals surface area (Å²) in [6.45, 7) is 7.39. The number of nitrogens with two attached hydrogens (primary N) is 1. The van der Waals surface area contributed by atoms with Crippen LogP contribution < -0.4 is 20.7 Å². The van der Waals surface area contributed by atoms with Crippen molar-refractivity contribution in [2.45, 2.75) is 58.4 Å². The molecule has 2 aromatic carbocycles. The molecule has 2 saturated heterocycles. The first-order valence-corrected chi connectivity index (χ1v) is 15.1. The molecule has 4 heterocycles. The Morgan fingerprint density at radius 2 is 1.76 bits per heavy atom. The smallest absolute Gasteiger partial charge is 0.429 e. The van der Waals surface area contributed by atoms with E-state index in [1.54, 1.807) is 31.3 Å². The Balaban J connectivity index is 1.31. The van der Waals surface area contributed by atoms with Gasteiger partial charge in [0, 0.05) is 37.5 Å². The Morgan fingerprint density at radius 3 is 2.37 bits per heavy atom. The van der Waals surface area contributed by atoms with Crippen LogP contribution in [-0.2, 0) is 4.79 Å². The number of nitrogens with zero attached hydrogens (tertiary/aromatic N) is 5. The minimum absolute atomic E-state index is 0.135. The number of nitrogen functional groups attached to an aromatic ring is 1. The number of hydrogen-bond donors (Lipinski definition) is 3. The summed E-state index contributed by atoms with van der Waals surface area (Å²) in [5.41, 5.74) is 10.3. The third-order valence-corrected chi connectivity index (χ3v) is 8.89. The van der Waals surface area contributed by atoms with Crippen molar-refractivity contribution in [1.29, 1.82) is 0 Å². The molecular formula is C33H36F3N7O3. The van der Waals surface area contributed by atoms with Gasteiger partial charge in [0.2, 0.25) is 17.9 Å². The van der Waals surface area contributed by atoms with Crippen molar-refractivity contribution in [3.63, 3.8) is 0 Å². The largest absolute Gasteiger partial charge is 0.480 e. The summed E-state index contributed by atoms with van der Waals surface area (Å²) in [4.78, 5) is 21.7. The number of ether oxygens (including phenoxy) is 1. The van der Waals surface area contributed by atoms with Crippen LogP contribution in [0.15, 0.2) is 54.7 Å². The van der Waals surface area contributed by atoms with Crippen LogP contribution in [0.25, 0.3) is 16.8 Å². The number of benzene rings is 2. The van der Waals surface area contributed by atoms with Gasteiger partial charge in [-0.2, -0.15) is 28.2 Å². The van der Waals surface area contributed by atoms with E-state index >= 15 is 0 Å². The molecule has 0 aliphatic carbocycles. The SMILES string of the molecule is Cc1cc(C)cc(-c2ccc([C@@H](Oc3cc(N4CCC5(CC4)CN[C@H](C(=O)O)C5)nc(N)n3)C(F)(F)F)c(-n3ccc(C)n3)c2)c1. The van der Waals surface area contributed by atoms with Gasteiger partial charge in [-0.3, -0.25) is 4.79 Å². The van der Waals surface area contributed by atoms with Crippen molar-refractivity contribution in [3.8, 4) is 22.7 Å². The fourth-order valence-electron chi connectivity index (χ4n) is 6.60. The van der Waals surface area contributed by atoms with Gasteiger partial charge in [0.1, 0.15) is 11.9 Å². The molecule has 4 aromatic rings. The molecule has 0 radical (unpaired) electrons. The van der Waals surface area contributed by atoms with Crippen molar-refractivity contribution in [1.82, 2.24) is 25.1 Å². The zero-order valence-electron chi connectivity index (χ0n) is 25.8. The van der Waals surface area contributed by atoms with Crippen molar-refractivity contribution in [2.75, 3.05) is 30.3 Å². The number of carboxylic acids is 1. The fraction of sp³-hybridized carbons (Fsp3) is 0.394. The predicted octanol–water partition coefficient (Wildman–Crippen LogP) is 5.55. The molecule has 0 amide bonds. The summed E-state index contributed by atoms with van der Waals surface area (Å²) < 4.78 is 51.6. The van der Waals surface area contributed by atoms with Gasteiger partial charge in [-0.15, -0.1) is 0 Å². The topological polar surface area (TPSA) is 131 Å². The van der Waals surface area contributed by atoms with E-state index in [2.05, 4.69) is 20.4 Å². The lowest BCUT2D eigenvalue weighted by molar-refractivity contribution is -0.198. The third-order valence-electron chi connectivity index (χ3n) is 8.89. The molecular weight excluding hydrogens is 599 g/mol. The average Bonchev–Trinajstić information content (AvgIpc) is 3.61. The van der Waals surface area contributed by atoms with Crippen LogP contribution in [-0.4, -0.2) is 62.7 Å². The molecule has 2 aliphatic heterocycles. The maximum Gasteiger partial charge on any atom is 0.429 e. The number of aliphatic carboxylic acids is 1. The van der Waals surface area contributed by atoms with Gasteiger partial charge >= 0.3 is 12.1 Å². The third kappa shape index (κ3) is 6.50. The highest BCUT2D eigenvalue weighted by molar-refractivity contribution is 5.74. The molecule has 2 aromatic heterocycles. The maximum absolute atomic E-state index is 14.8. The van der Waals surface area contributed by atoms with Gasteiger partial charge in [0.05, 0.1) is 11.4 Å². The second kappa shape index (κ2) is 11.9. The van der Waals surface area contributed by atoms with Crippen LogP contribution in [0.3, 0.4) is 0 Å². The first-order valence-electron chi connectivity index (χ1n) is 15.1. The van der Waals surface area contributed by atoms with Gasteiger partial charge in [0.25, 0.3) is 0 Å². The van der Waals surface area contributed by atoms with Crippen LogP contribution >= 0.6 is 0 Å². The second-order valence-corrected chi connectivity index (χ2v) is 12.5. The molecule has 10 nitrogen and oxygen atoms in total. The number of hydrogen-bond acceptors (Lipinski definition) is 8. The standard InChI is InChI=1S/C33H36F3N7O3/c1-19-12-20(2)14-23(13-19)22-4-5-24(26(15-22)43-9-6-21(3)41-43)29(33(34,35)36)46-28-16-27(39-31(37)40-28)42-10-7-32(8-11-42)17-25(30(44)45)38-18-32/h4-6,9,12-16,25,29,38H,7-8,10-11,17-18H2,1-3H3,(H,44,45)(H2,37,39,40)/t25-,29+/m0/s1. The van der Waals surface area contributed by atoms with E-state index < -0.39 is 24.3 Å². The molecule has 6 rings (SSSR count). The fourth-order valence-corrected chi connectivity index (χ4v) is 6.60. The average molecular weight is 636 g/mol. The first-order chi connectivity index (χ1) is 21.8. The van der Waals surface area contributed by atoms with Crippen molar-refractivity contribution >= 4 is 17.7 Å². The molecule has 0 bridgehead atoms. The number of aryl methyl sites for hydroxylation is 3. The highest BCUT2D eigenvalue weighted by Crippen LogP contribution is 2.43. The minimum Gasteiger partial charge on any atom is -0.480 e. The highest BCUT2D eigenvalue weighted by atomic mass is 19.4. The Morgan fingerprint density at radius 1 is 1.04 bits per heavy atom. The molecule has 0 saturated carbocycles. The number of anilines is 2. The summed E-state index contributed by atoms with van der Waals surface area (Å²) >= 11 is 0. The minimum atomic E-state index is -4.81. The molecule has 4 N–H and O–H groups in total. The van der Waals surface area contributed by atoms with E-state index in [-0.39, 0.29) is 28.5 Å². The molecule has 2 aliphatic rings. The molecule has 0 unspecified atom stereocenters. The zero-order chi connectivity index (χ0) is 32.8. The lowest BCUT2D eigenvalue weighted by atomic mass is 9.76. The number of alkyl halides is 3. The van der Waals surface area contributed by atoms with E-state index in [0.717, 1.165) is 22.3 Å². The van der Waals surface area contributed by atoms with Crippen LogP contribution in [0.1, 0.15) is 47.8 Å². The van der Waals surface area contributed by atoms with E-state index in [1.807, 2.05) is 36.9 Å². The summed E-state index contributed by atoms with van der Waals surface area (Å²) in [5, 5.41) is 16.9. The van der Waals surface area contributed by atoms with Crippen molar-refractivity contribution < 1.29 is 27.8 Å². The van der Waals surface area contributed by atoms with Crippen LogP contribution in [0.4, 0.5) is 24.9 Å². The number of nitrogens with one attached hydrogen (secondary N) is 1. The monoisotopic (exact) mass is 635 g/mol. The van der Waals surface area contributed by atoms with E-state index in [4.69, 9.17) is 10.5 Å². The van der Waals surface area contributed by atoms with Crippen LogP contribution in [0.5, 0.6) is 5.88 Å². The highest BCUT2D eigenvalue weighted by Gasteiger charge is 2.46. The Labute approximate surface area is 264 Å². The van der Waals surface area contributed by atoms with Crippen LogP contribution in [0, 0.1) is 26.2 Å². The molecule has 13 heteroatoms. The van der Waals surface area contributed by atoms with E-state index in [1.165, 1.54) is 16.8 Å². The molecule has 46 heavy (non-hydrogen) atoms. The second-order valence-electron chi connectivity index (χ2n) is 12.5. The predicted molar refractivity (Wildman–Crippen MR) is 167 cm³/mol. The lowest BCUT2D eigenvalue weighted by Gasteiger charge is -2.39. The summed E-state index contributed by atoms with van der Waals surface area (Å²) in [7, 11) is 0. The van der Waals surface area contributed by atoms with Crippen molar-refractivity contribution in [2.24, 2.45) is 5.41 Å². The molecule has 242 valence electrons. The summed E-state index contributed by atoms with van der Waals surface area (Å²) in [5.74, 6) is -1.03. The zero-order valence-corrected chi connectivity index (χ0v) is 25.8. The van der Waals surface area contributed by atoms with Gasteiger partial charge in [-0.05, 0) is 68.7 Å². The van der Waals surface area contributed by atoms with E-state index in [9.17, 15) is 23.1 Å². The maximum atomic E-state index is 14.8. The molecule has 2 atom stereocenters. The number of halogens is 3. The Hall–Kier alpha value is -4.65. The molecule has 1 spiro atoms. The first kappa shape index (κ1) is 31.3. The number of rotatable bonds is 7. The van der Waals surface area contributed by atoms with Crippen molar-refractivity contribution in [3.05, 3.63) is 77.1 Å². The van der Waals surface area contributed by atoms with E-state index in [0.29, 0.717) is 50.4 Å². The number of carboxylic acid groups (broad SMARTS) is 1. The Bertz CT molecular complexity index is 1750. The van der Waals surface area contributed by atoms with Gasteiger partial charge in [0.15, 0.2) is 0 Å². The number of piperidine rings is 1. The van der Waals surface area contributed by atoms with Gasteiger partial charge in [-0.1, -0.05) is 41.5 Å². The number of carbonyl (C=O) groups is 1. The number of aromatic nitrogens is 4. The van der Waals surface area contributed by atoms with Gasteiger partial charge < -0.3 is 25.8 Å².